The molecule has 1 aliphatic heterocycles. The molecule has 2 unspecified atom stereocenters. The third-order valence-electron chi connectivity index (χ3n) is 3.68. The number of nitrogens with zero attached hydrogens (tertiary/aromatic N) is 2. The Hall–Kier alpha value is -0.680. The van der Waals surface area contributed by atoms with E-state index in [-0.39, 0.29) is 17.7 Å². The zero-order valence-corrected chi connectivity index (χ0v) is 12.7. The minimum atomic E-state index is -0.319. The first-order valence-corrected chi connectivity index (χ1v) is 7.00. The largest absolute Gasteiger partial charge is 0.393 e. The van der Waals surface area contributed by atoms with Gasteiger partial charge >= 0.3 is 0 Å². The van der Waals surface area contributed by atoms with Crippen molar-refractivity contribution in [2.45, 2.75) is 32.7 Å². The van der Waals surface area contributed by atoms with Crippen molar-refractivity contribution < 1.29 is 4.79 Å². The number of hydrogen-bond acceptors (Lipinski definition) is 3. The standard InChI is InChI=1S/C13H25N3OS/c1-9(2)11(12(14)18)13(17)16-7-5-6-10(8-16)15(3)4/h9-11H,5-8H2,1-4H3,(H2,14,18). The van der Waals surface area contributed by atoms with Gasteiger partial charge in [-0.1, -0.05) is 26.1 Å². The van der Waals surface area contributed by atoms with Crippen LogP contribution in [0, 0.1) is 11.8 Å². The highest BCUT2D eigenvalue weighted by Gasteiger charge is 2.32. The monoisotopic (exact) mass is 271 g/mol. The second-order valence-electron chi connectivity index (χ2n) is 5.67. The van der Waals surface area contributed by atoms with Crippen molar-refractivity contribution in [3.05, 3.63) is 0 Å². The number of nitrogens with two attached hydrogens (primary N) is 1. The molecule has 2 N–H and O–H groups in total. The van der Waals surface area contributed by atoms with E-state index < -0.39 is 0 Å². The van der Waals surface area contributed by atoms with E-state index in [0.717, 1.165) is 25.9 Å². The van der Waals surface area contributed by atoms with Crippen molar-refractivity contribution in [3.8, 4) is 0 Å². The molecule has 1 fully saturated rings. The molecule has 1 amide bonds. The summed E-state index contributed by atoms with van der Waals surface area (Å²) in [5.74, 6) is -0.0558. The van der Waals surface area contributed by atoms with Crippen LogP contribution in [0.15, 0.2) is 0 Å². The normalized spacial score (nSPS) is 22.3. The van der Waals surface area contributed by atoms with Crippen molar-refractivity contribution in [1.82, 2.24) is 9.80 Å². The summed E-state index contributed by atoms with van der Waals surface area (Å²) in [6.45, 7) is 5.61. The molecule has 104 valence electrons. The summed E-state index contributed by atoms with van der Waals surface area (Å²) in [7, 11) is 4.12. The molecule has 0 spiro atoms. The van der Waals surface area contributed by atoms with Gasteiger partial charge in [0.1, 0.15) is 0 Å². The number of likely N-dealkylation sites (N-methyl/N-ethyl adjacent to an activating group) is 1. The van der Waals surface area contributed by atoms with Crippen LogP contribution >= 0.6 is 12.2 Å². The number of likely N-dealkylation sites (tertiary alicyclic amines) is 1. The maximum Gasteiger partial charge on any atom is 0.232 e. The summed E-state index contributed by atoms with van der Waals surface area (Å²) in [4.78, 5) is 16.9. The highest BCUT2D eigenvalue weighted by molar-refractivity contribution is 7.80. The van der Waals surface area contributed by atoms with Gasteiger partial charge < -0.3 is 15.5 Å². The van der Waals surface area contributed by atoms with E-state index in [1.165, 1.54) is 0 Å². The molecule has 0 aromatic rings. The van der Waals surface area contributed by atoms with Crippen LogP contribution in [-0.4, -0.2) is 53.9 Å². The maximum atomic E-state index is 12.5. The summed E-state index contributed by atoms with van der Waals surface area (Å²) in [5.41, 5.74) is 5.71. The van der Waals surface area contributed by atoms with Crippen molar-refractivity contribution in [2.75, 3.05) is 27.2 Å². The maximum absolute atomic E-state index is 12.5. The first-order valence-electron chi connectivity index (χ1n) is 6.59. The van der Waals surface area contributed by atoms with E-state index in [9.17, 15) is 4.79 Å². The van der Waals surface area contributed by atoms with Crippen LogP contribution in [0.1, 0.15) is 26.7 Å². The number of piperidine rings is 1. The molecule has 18 heavy (non-hydrogen) atoms. The van der Waals surface area contributed by atoms with Gasteiger partial charge in [0.25, 0.3) is 0 Å². The Bertz CT molecular complexity index is 317. The van der Waals surface area contributed by atoms with Crippen molar-refractivity contribution in [2.24, 2.45) is 17.6 Å². The second-order valence-corrected chi connectivity index (χ2v) is 6.14. The number of thiocarbonyl (C=S) groups is 1. The molecular weight excluding hydrogens is 246 g/mol. The van der Waals surface area contributed by atoms with Gasteiger partial charge in [-0.05, 0) is 32.9 Å². The lowest BCUT2D eigenvalue weighted by Gasteiger charge is -2.38. The predicted molar refractivity (Wildman–Crippen MR) is 78.4 cm³/mol. The molecule has 0 aliphatic carbocycles. The Kier molecular flexibility index (Phi) is 5.53. The van der Waals surface area contributed by atoms with Crippen LogP contribution in [0.3, 0.4) is 0 Å². The summed E-state index contributed by atoms with van der Waals surface area (Å²) in [5, 5.41) is 0. The van der Waals surface area contributed by atoms with Crippen LogP contribution in [0.5, 0.6) is 0 Å². The fourth-order valence-electron chi connectivity index (χ4n) is 2.51. The minimum absolute atomic E-state index is 0.101. The molecule has 4 nitrogen and oxygen atoms in total. The lowest BCUT2D eigenvalue weighted by atomic mass is 9.93. The molecule has 2 atom stereocenters. The zero-order chi connectivity index (χ0) is 13.9. The van der Waals surface area contributed by atoms with Crippen LogP contribution in [0.4, 0.5) is 0 Å². The Labute approximate surface area is 115 Å². The topological polar surface area (TPSA) is 49.6 Å². The summed E-state index contributed by atoms with van der Waals surface area (Å²) in [6, 6.07) is 0.446. The van der Waals surface area contributed by atoms with Gasteiger partial charge in [-0.2, -0.15) is 0 Å². The van der Waals surface area contributed by atoms with E-state index in [1.54, 1.807) is 0 Å². The van der Waals surface area contributed by atoms with Gasteiger partial charge in [-0.15, -0.1) is 0 Å². The SMILES string of the molecule is CC(C)C(C(=O)N1CCCC(N(C)C)C1)C(N)=S. The van der Waals surface area contributed by atoms with Crippen LogP contribution in [0.25, 0.3) is 0 Å². The molecule has 0 bridgehead atoms. The van der Waals surface area contributed by atoms with E-state index in [1.807, 2.05) is 18.7 Å². The highest BCUT2D eigenvalue weighted by Crippen LogP contribution is 2.20. The van der Waals surface area contributed by atoms with Crippen LogP contribution in [-0.2, 0) is 4.79 Å². The van der Waals surface area contributed by atoms with Gasteiger partial charge in [0, 0.05) is 19.1 Å². The number of amides is 1. The number of hydrogen-bond donors (Lipinski definition) is 1. The molecule has 0 aromatic carbocycles. The number of carbonyl (C=O) groups excluding carboxylic acids is 1. The average molecular weight is 271 g/mol. The van der Waals surface area contributed by atoms with Gasteiger partial charge in [0.2, 0.25) is 5.91 Å². The van der Waals surface area contributed by atoms with E-state index in [2.05, 4.69) is 19.0 Å². The summed E-state index contributed by atoms with van der Waals surface area (Å²) in [6.07, 6.45) is 2.20. The second kappa shape index (κ2) is 6.48. The number of carbonyl (C=O) groups is 1. The Morgan fingerprint density at radius 3 is 2.50 bits per heavy atom. The van der Waals surface area contributed by atoms with Gasteiger partial charge in [-0.3, -0.25) is 4.79 Å². The van der Waals surface area contributed by atoms with Gasteiger partial charge in [-0.25, -0.2) is 0 Å². The average Bonchev–Trinajstić information content (AvgIpc) is 2.28. The molecule has 1 saturated heterocycles. The third kappa shape index (κ3) is 3.65. The van der Waals surface area contributed by atoms with E-state index in [4.69, 9.17) is 18.0 Å². The highest BCUT2D eigenvalue weighted by atomic mass is 32.1. The first kappa shape index (κ1) is 15.4. The molecule has 1 aliphatic rings. The van der Waals surface area contributed by atoms with Crippen molar-refractivity contribution in [3.63, 3.8) is 0 Å². The molecule has 0 aromatic heterocycles. The molecule has 1 heterocycles. The van der Waals surface area contributed by atoms with Crippen molar-refractivity contribution >= 4 is 23.1 Å². The fraction of sp³-hybridized carbons (Fsp3) is 0.846. The summed E-state index contributed by atoms with van der Waals surface area (Å²) < 4.78 is 0. The van der Waals surface area contributed by atoms with Gasteiger partial charge in [0.05, 0.1) is 10.9 Å². The van der Waals surface area contributed by atoms with Gasteiger partial charge in [0.15, 0.2) is 0 Å². The Balaban J connectivity index is 2.73. The summed E-state index contributed by atoms with van der Waals surface area (Å²) >= 11 is 5.04. The first-order chi connectivity index (χ1) is 8.34. The predicted octanol–water partition coefficient (Wildman–Crippen LogP) is 1.10. The van der Waals surface area contributed by atoms with Crippen LogP contribution in [0.2, 0.25) is 0 Å². The van der Waals surface area contributed by atoms with E-state index >= 15 is 0 Å². The Morgan fingerprint density at radius 2 is 2.06 bits per heavy atom. The smallest absolute Gasteiger partial charge is 0.232 e. The zero-order valence-electron chi connectivity index (χ0n) is 11.8. The molecule has 0 radical (unpaired) electrons. The number of rotatable bonds is 4. The van der Waals surface area contributed by atoms with Crippen LogP contribution < -0.4 is 5.73 Å². The Morgan fingerprint density at radius 1 is 1.44 bits per heavy atom. The lowest BCUT2D eigenvalue weighted by molar-refractivity contribution is -0.136. The molecule has 5 heteroatoms. The third-order valence-corrected chi connectivity index (χ3v) is 3.93. The molecular formula is C13H25N3OS. The minimum Gasteiger partial charge on any atom is -0.393 e. The molecule has 1 rings (SSSR count). The van der Waals surface area contributed by atoms with E-state index in [0.29, 0.717) is 11.0 Å². The lowest BCUT2D eigenvalue weighted by Crippen LogP contribution is -2.51. The molecule has 0 saturated carbocycles. The fourth-order valence-corrected chi connectivity index (χ4v) is 2.88. The quantitative estimate of drug-likeness (QED) is 0.778. The van der Waals surface area contributed by atoms with Crippen molar-refractivity contribution in [1.29, 1.82) is 0 Å².